The van der Waals surface area contributed by atoms with Crippen molar-refractivity contribution in [3.63, 3.8) is 0 Å². The Morgan fingerprint density at radius 3 is 2.77 bits per heavy atom. The van der Waals surface area contributed by atoms with E-state index in [2.05, 4.69) is 20.6 Å². The summed E-state index contributed by atoms with van der Waals surface area (Å²) >= 11 is 1.30. The third kappa shape index (κ3) is 2.39. The van der Waals surface area contributed by atoms with E-state index < -0.39 is 0 Å². The molecule has 0 radical (unpaired) electrons. The van der Waals surface area contributed by atoms with Crippen LogP contribution in [0.1, 0.15) is 34.8 Å². The Kier molecular flexibility index (Phi) is 3.19. The molecule has 1 amide bonds. The zero-order chi connectivity index (χ0) is 14.9. The van der Waals surface area contributed by atoms with Gasteiger partial charge in [0.05, 0.1) is 23.1 Å². The van der Waals surface area contributed by atoms with Crippen molar-refractivity contribution < 1.29 is 4.79 Å². The first-order valence-corrected chi connectivity index (χ1v) is 7.92. The van der Waals surface area contributed by atoms with Gasteiger partial charge < -0.3 is 0 Å². The van der Waals surface area contributed by atoms with Gasteiger partial charge in [-0.15, -0.1) is 10.2 Å². The molecule has 0 aliphatic heterocycles. The van der Waals surface area contributed by atoms with E-state index in [1.165, 1.54) is 11.3 Å². The molecule has 7 heteroatoms. The van der Waals surface area contributed by atoms with E-state index in [9.17, 15) is 4.79 Å². The van der Waals surface area contributed by atoms with E-state index in [4.69, 9.17) is 0 Å². The number of para-hydroxylation sites is 1. The molecule has 1 fully saturated rings. The fourth-order valence-electron chi connectivity index (χ4n) is 2.45. The number of carbonyl (C=O) groups excluding carboxylic acids is 1. The van der Waals surface area contributed by atoms with Crippen LogP contribution in [0, 0.1) is 0 Å². The van der Waals surface area contributed by atoms with Crippen molar-refractivity contribution in [1.82, 2.24) is 20.0 Å². The lowest BCUT2D eigenvalue weighted by molar-refractivity contribution is 0.102. The maximum Gasteiger partial charge on any atom is 0.260 e. The second-order valence-electron chi connectivity index (χ2n) is 5.16. The summed E-state index contributed by atoms with van der Waals surface area (Å²) in [5.74, 6) is 0.221. The van der Waals surface area contributed by atoms with Gasteiger partial charge in [0.15, 0.2) is 0 Å². The van der Waals surface area contributed by atoms with Crippen molar-refractivity contribution in [1.29, 1.82) is 0 Å². The monoisotopic (exact) mass is 311 g/mol. The topological polar surface area (TPSA) is 72.7 Å². The number of benzene rings is 1. The lowest BCUT2D eigenvalue weighted by Gasteiger charge is -2.08. The van der Waals surface area contributed by atoms with Crippen LogP contribution in [0.3, 0.4) is 0 Å². The highest BCUT2D eigenvalue weighted by Gasteiger charge is 2.33. The van der Waals surface area contributed by atoms with Crippen LogP contribution in [0.2, 0.25) is 0 Å². The van der Waals surface area contributed by atoms with Gasteiger partial charge in [-0.2, -0.15) is 5.10 Å². The van der Waals surface area contributed by atoms with Gasteiger partial charge in [0.25, 0.3) is 5.91 Å². The maximum absolute atomic E-state index is 12.5. The number of rotatable bonds is 4. The highest BCUT2D eigenvalue weighted by atomic mass is 32.1. The van der Waals surface area contributed by atoms with Gasteiger partial charge >= 0.3 is 0 Å². The molecule has 6 nitrogen and oxygen atoms in total. The molecule has 1 aliphatic carbocycles. The maximum atomic E-state index is 12.5. The first-order valence-electron chi connectivity index (χ1n) is 7.04. The molecule has 1 N–H and O–H groups in total. The molecule has 3 aromatic rings. The molecule has 22 heavy (non-hydrogen) atoms. The average Bonchev–Trinajstić information content (AvgIpc) is 3.08. The van der Waals surface area contributed by atoms with Crippen molar-refractivity contribution >= 4 is 22.4 Å². The van der Waals surface area contributed by atoms with Gasteiger partial charge in [-0.05, 0) is 25.0 Å². The minimum atomic E-state index is -0.180. The van der Waals surface area contributed by atoms with Crippen LogP contribution in [-0.4, -0.2) is 25.9 Å². The highest BCUT2D eigenvalue weighted by Crippen LogP contribution is 2.42. The molecule has 0 saturated heterocycles. The number of aromatic nitrogens is 4. The molecule has 4 rings (SSSR count). The zero-order valence-corrected chi connectivity index (χ0v) is 12.5. The smallest absolute Gasteiger partial charge is 0.260 e. The Balaban J connectivity index is 1.71. The molecule has 2 heterocycles. The Bertz CT molecular complexity index is 793. The van der Waals surface area contributed by atoms with Crippen LogP contribution in [0.25, 0.3) is 5.69 Å². The summed E-state index contributed by atoms with van der Waals surface area (Å²) in [7, 11) is 0. The van der Waals surface area contributed by atoms with Gasteiger partial charge in [-0.3, -0.25) is 10.1 Å². The first-order chi connectivity index (χ1) is 10.8. The summed E-state index contributed by atoms with van der Waals surface area (Å²) in [6.07, 6.45) is 3.83. The number of nitrogens with one attached hydrogen (secondary N) is 1. The number of hydrogen-bond acceptors (Lipinski definition) is 5. The third-order valence-corrected chi connectivity index (χ3v) is 4.20. The number of anilines is 1. The lowest BCUT2D eigenvalue weighted by Crippen LogP contribution is -2.14. The summed E-state index contributed by atoms with van der Waals surface area (Å²) in [5.41, 5.74) is 4.15. The molecule has 1 aromatic carbocycles. The van der Waals surface area contributed by atoms with Crippen LogP contribution >= 0.6 is 11.3 Å². The van der Waals surface area contributed by atoms with Gasteiger partial charge in [0, 0.05) is 5.92 Å². The van der Waals surface area contributed by atoms with Crippen molar-refractivity contribution in [2.45, 2.75) is 18.8 Å². The SMILES string of the molecule is O=C(Nc1nncs1)c1cnn(-c2ccccc2)c1C1CC1. The number of hydrogen-bond donors (Lipinski definition) is 1. The summed E-state index contributed by atoms with van der Waals surface area (Å²) in [4.78, 5) is 12.5. The summed E-state index contributed by atoms with van der Waals surface area (Å²) in [6.45, 7) is 0. The second-order valence-corrected chi connectivity index (χ2v) is 6.00. The molecule has 110 valence electrons. The summed E-state index contributed by atoms with van der Waals surface area (Å²) < 4.78 is 1.87. The quantitative estimate of drug-likeness (QED) is 0.804. The standard InChI is InChI=1S/C15H13N5OS/c21-14(18-15-19-16-9-22-15)12-8-17-20(13(12)10-6-7-10)11-4-2-1-3-5-11/h1-5,8-10H,6-7H2,(H,18,19,21). The third-order valence-electron chi connectivity index (χ3n) is 3.60. The van der Waals surface area contributed by atoms with Crippen LogP contribution < -0.4 is 5.32 Å². The number of nitrogens with zero attached hydrogens (tertiary/aromatic N) is 4. The van der Waals surface area contributed by atoms with E-state index in [1.54, 1.807) is 11.7 Å². The van der Waals surface area contributed by atoms with E-state index in [1.807, 2.05) is 35.0 Å². The second kappa shape index (κ2) is 5.34. The summed E-state index contributed by atoms with van der Waals surface area (Å²) in [6, 6.07) is 9.88. The van der Waals surface area contributed by atoms with Gasteiger partial charge in [0.1, 0.15) is 5.51 Å². The molecule has 0 atom stereocenters. The molecule has 0 unspecified atom stereocenters. The van der Waals surface area contributed by atoms with Gasteiger partial charge in [0.2, 0.25) is 5.13 Å². The van der Waals surface area contributed by atoms with Crippen molar-refractivity contribution in [3.8, 4) is 5.69 Å². The Labute approximate surface area is 130 Å². The minimum Gasteiger partial charge on any atom is -0.296 e. The van der Waals surface area contributed by atoms with Crippen molar-refractivity contribution in [2.24, 2.45) is 0 Å². The number of carbonyl (C=O) groups is 1. The fraction of sp³-hybridized carbons (Fsp3) is 0.200. The van der Waals surface area contributed by atoms with Crippen molar-refractivity contribution in [3.05, 3.63) is 53.3 Å². The normalized spacial score (nSPS) is 14.0. The molecule has 1 saturated carbocycles. The molecule has 0 spiro atoms. The van der Waals surface area contributed by atoms with Crippen LogP contribution in [0.15, 0.2) is 42.0 Å². The van der Waals surface area contributed by atoms with Crippen LogP contribution in [-0.2, 0) is 0 Å². The molecular weight excluding hydrogens is 298 g/mol. The molecule has 1 aliphatic rings. The number of amides is 1. The van der Waals surface area contributed by atoms with E-state index in [0.29, 0.717) is 16.6 Å². The first kappa shape index (κ1) is 13.1. The predicted molar refractivity (Wildman–Crippen MR) is 83.4 cm³/mol. The van der Waals surface area contributed by atoms with E-state index in [-0.39, 0.29) is 5.91 Å². The summed E-state index contributed by atoms with van der Waals surface area (Å²) in [5, 5.41) is 15.3. The highest BCUT2D eigenvalue weighted by molar-refractivity contribution is 7.13. The predicted octanol–water partition coefficient (Wildman–Crippen LogP) is 2.85. The van der Waals surface area contributed by atoms with Crippen LogP contribution in [0.4, 0.5) is 5.13 Å². The van der Waals surface area contributed by atoms with E-state index >= 15 is 0 Å². The Morgan fingerprint density at radius 1 is 1.27 bits per heavy atom. The largest absolute Gasteiger partial charge is 0.296 e. The van der Waals surface area contributed by atoms with Gasteiger partial charge in [-0.1, -0.05) is 29.5 Å². The molecular formula is C15H13N5OS. The minimum absolute atomic E-state index is 0.180. The van der Waals surface area contributed by atoms with Crippen molar-refractivity contribution in [2.75, 3.05) is 5.32 Å². The Morgan fingerprint density at radius 2 is 2.09 bits per heavy atom. The Hall–Kier alpha value is -2.54. The average molecular weight is 311 g/mol. The molecule has 2 aromatic heterocycles. The lowest BCUT2D eigenvalue weighted by atomic mass is 10.1. The van der Waals surface area contributed by atoms with Gasteiger partial charge in [-0.25, -0.2) is 4.68 Å². The fourth-order valence-corrected chi connectivity index (χ4v) is 2.89. The van der Waals surface area contributed by atoms with E-state index in [0.717, 1.165) is 24.2 Å². The van der Waals surface area contributed by atoms with Crippen LogP contribution in [0.5, 0.6) is 0 Å². The molecule has 0 bridgehead atoms. The zero-order valence-electron chi connectivity index (χ0n) is 11.6.